The molecule has 2 aromatic carbocycles. The van der Waals surface area contributed by atoms with Crippen molar-refractivity contribution in [2.75, 3.05) is 13.1 Å². The Kier molecular flexibility index (Phi) is 6.10. The Morgan fingerprint density at radius 2 is 1.67 bits per heavy atom. The van der Waals surface area contributed by atoms with E-state index in [4.69, 9.17) is 9.51 Å². The van der Waals surface area contributed by atoms with Crippen molar-refractivity contribution >= 4 is 5.78 Å². The van der Waals surface area contributed by atoms with Gasteiger partial charge in [0.2, 0.25) is 17.5 Å². The molecule has 0 N–H and O–H groups in total. The number of benzene rings is 2. The predicted octanol–water partition coefficient (Wildman–Crippen LogP) is 5.28. The van der Waals surface area contributed by atoms with Crippen molar-refractivity contribution in [3.8, 4) is 34.0 Å². The van der Waals surface area contributed by atoms with E-state index in [-0.39, 0.29) is 5.92 Å². The van der Waals surface area contributed by atoms with Crippen LogP contribution in [0.25, 0.3) is 39.8 Å². The third kappa shape index (κ3) is 4.68. The highest BCUT2D eigenvalue weighted by molar-refractivity contribution is 5.81. The Labute approximate surface area is 225 Å². The topological polar surface area (TPSA) is 98.1 Å². The molecule has 0 aliphatic carbocycles. The van der Waals surface area contributed by atoms with Crippen LogP contribution in [0.3, 0.4) is 0 Å². The second-order valence-corrected chi connectivity index (χ2v) is 9.76. The molecule has 9 nitrogen and oxygen atoms in total. The molecule has 4 aromatic heterocycles. The summed E-state index contributed by atoms with van der Waals surface area (Å²) >= 11 is 0. The smallest absolute Gasteiger partial charge is 0.234 e. The minimum absolute atomic E-state index is 0.265. The van der Waals surface area contributed by atoms with Crippen molar-refractivity contribution < 1.29 is 4.52 Å². The number of nitrogens with zero attached hydrogens (tertiary/aromatic N) is 8. The summed E-state index contributed by atoms with van der Waals surface area (Å²) in [6.45, 7) is 2.86. The Hall–Kier alpha value is -4.76. The first-order valence-corrected chi connectivity index (χ1v) is 13.1. The lowest BCUT2D eigenvalue weighted by Crippen LogP contribution is -2.32. The summed E-state index contributed by atoms with van der Waals surface area (Å²) < 4.78 is 7.63. The Balaban J connectivity index is 1.04. The number of hydrogen-bond donors (Lipinski definition) is 0. The highest BCUT2D eigenvalue weighted by Gasteiger charge is 2.26. The van der Waals surface area contributed by atoms with Crippen LogP contribution in [0.15, 0.2) is 96.2 Å². The minimum atomic E-state index is 0.265. The lowest BCUT2D eigenvalue weighted by Gasteiger charge is -2.30. The number of piperidine rings is 1. The van der Waals surface area contributed by atoms with Crippen LogP contribution in [0.5, 0.6) is 0 Å². The fraction of sp³-hybridized carbons (Fsp3) is 0.200. The average Bonchev–Trinajstić information content (AvgIpc) is 3.65. The second kappa shape index (κ2) is 10.2. The van der Waals surface area contributed by atoms with E-state index >= 15 is 0 Å². The molecule has 0 atom stereocenters. The van der Waals surface area contributed by atoms with Crippen molar-refractivity contribution in [3.05, 3.63) is 103 Å². The summed E-state index contributed by atoms with van der Waals surface area (Å²) in [6.07, 6.45) is 10.7. The van der Waals surface area contributed by atoms with Gasteiger partial charge in [-0.1, -0.05) is 59.8 Å². The zero-order chi connectivity index (χ0) is 26.0. The first-order valence-electron chi connectivity index (χ1n) is 13.1. The van der Waals surface area contributed by atoms with Crippen molar-refractivity contribution in [3.63, 3.8) is 0 Å². The number of aromatic nitrogens is 7. The van der Waals surface area contributed by atoms with E-state index in [1.54, 1.807) is 24.8 Å². The van der Waals surface area contributed by atoms with Gasteiger partial charge in [-0.05, 0) is 37.6 Å². The first-order chi connectivity index (χ1) is 19.3. The van der Waals surface area contributed by atoms with Gasteiger partial charge in [0.1, 0.15) is 5.69 Å². The molecule has 0 bridgehead atoms. The number of fused-ring (bicyclic) bond motifs is 1. The van der Waals surface area contributed by atoms with E-state index < -0.39 is 0 Å². The molecule has 1 aliphatic rings. The molecule has 0 spiro atoms. The molecule has 5 heterocycles. The summed E-state index contributed by atoms with van der Waals surface area (Å²) in [5.41, 5.74) is 6.10. The van der Waals surface area contributed by atoms with Crippen molar-refractivity contribution in [1.82, 2.24) is 39.4 Å². The standard InChI is InChI=1S/C30H26N8O/c1-2-5-23(6-3-1)27-26(34-30-33-13-4-16-38(27)30)22-9-7-21(8-10-22)20-37-17-11-24(12-18-37)29-35-28(36-39-29)25-19-31-14-15-32-25/h1-10,13-16,19,24H,11-12,17-18,20H2. The molecular formula is C30H26N8O. The highest BCUT2D eigenvalue weighted by atomic mass is 16.5. The van der Waals surface area contributed by atoms with Gasteiger partial charge in [0, 0.05) is 48.4 Å². The molecule has 1 aliphatic heterocycles. The van der Waals surface area contributed by atoms with Crippen LogP contribution in [0.2, 0.25) is 0 Å². The average molecular weight is 515 g/mol. The van der Waals surface area contributed by atoms with E-state index in [1.165, 1.54) is 5.56 Å². The van der Waals surface area contributed by atoms with Gasteiger partial charge in [0.15, 0.2) is 0 Å². The summed E-state index contributed by atoms with van der Waals surface area (Å²) in [5, 5.41) is 4.11. The maximum atomic E-state index is 5.57. The third-order valence-corrected chi connectivity index (χ3v) is 7.26. The summed E-state index contributed by atoms with van der Waals surface area (Å²) in [6, 6.07) is 21.1. The van der Waals surface area contributed by atoms with Gasteiger partial charge in [-0.25, -0.2) is 15.0 Å². The van der Waals surface area contributed by atoms with Crippen molar-refractivity contribution in [2.24, 2.45) is 0 Å². The molecule has 0 unspecified atom stereocenters. The van der Waals surface area contributed by atoms with Crippen LogP contribution in [0, 0.1) is 0 Å². The number of likely N-dealkylation sites (tertiary alicyclic amines) is 1. The molecule has 1 fully saturated rings. The first kappa shape index (κ1) is 23.4. The van der Waals surface area contributed by atoms with E-state index in [0.717, 1.165) is 55.0 Å². The predicted molar refractivity (Wildman–Crippen MR) is 146 cm³/mol. The Bertz CT molecular complexity index is 1690. The molecule has 39 heavy (non-hydrogen) atoms. The van der Waals surface area contributed by atoms with Gasteiger partial charge in [-0.2, -0.15) is 4.98 Å². The Morgan fingerprint density at radius 1 is 0.821 bits per heavy atom. The van der Waals surface area contributed by atoms with Crippen LogP contribution < -0.4 is 0 Å². The van der Waals surface area contributed by atoms with Crippen LogP contribution in [0.1, 0.15) is 30.2 Å². The maximum absolute atomic E-state index is 5.57. The van der Waals surface area contributed by atoms with Crippen LogP contribution in [-0.4, -0.2) is 52.5 Å². The second-order valence-electron chi connectivity index (χ2n) is 9.76. The van der Waals surface area contributed by atoms with Gasteiger partial charge in [-0.15, -0.1) is 0 Å². The molecule has 7 rings (SSSR count). The summed E-state index contributed by atoms with van der Waals surface area (Å²) in [7, 11) is 0. The number of hydrogen-bond acceptors (Lipinski definition) is 8. The Morgan fingerprint density at radius 3 is 2.46 bits per heavy atom. The van der Waals surface area contributed by atoms with Gasteiger partial charge in [-0.3, -0.25) is 14.3 Å². The molecule has 9 heteroatoms. The van der Waals surface area contributed by atoms with Crippen LogP contribution in [-0.2, 0) is 6.54 Å². The lowest BCUT2D eigenvalue weighted by atomic mass is 9.96. The molecule has 0 amide bonds. The molecular weight excluding hydrogens is 488 g/mol. The third-order valence-electron chi connectivity index (χ3n) is 7.26. The minimum Gasteiger partial charge on any atom is -0.339 e. The molecule has 6 aromatic rings. The van der Waals surface area contributed by atoms with E-state index in [9.17, 15) is 0 Å². The highest BCUT2D eigenvalue weighted by Crippen LogP contribution is 2.33. The fourth-order valence-corrected chi connectivity index (χ4v) is 5.24. The lowest BCUT2D eigenvalue weighted by molar-refractivity contribution is 0.187. The molecule has 1 saturated heterocycles. The number of rotatable bonds is 6. The fourth-order valence-electron chi connectivity index (χ4n) is 5.24. The summed E-state index contributed by atoms with van der Waals surface area (Å²) in [5.74, 6) is 2.15. The van der Waals surface area contributed by atoms with Crippen molar-refractivity contribution in [1.29, 1.82) is 0 Å². The van der Waals surface area contributed by atoms with Gasteiger partial charge < -0.3 is 4.52 Å². The quantitative estimate of drug-likeness (QED) is 0.296. The zero-order valence-electron chi connectivity index (χ0n) is 21.3. The van der Waals surface area contributed by atoms with Crippen LogP contribution in [0.4, 0.5) is 0 Å². The van der Waals surface area contributed by atoms with Crippen LogP contribution >= 0.6 is 0 Å². The molecule has 0 saturated carbocycles. The van der Waals surface area contributed by atoms with Gasteiger partial charge in [0.25, 0.3) is 0 Å². The van der Waals surface area contributed by atoms with E-state index in [2.05, 4.69) is 82.9 Å². The normalized spacial score (nSPS) is 14.7. The van der Waals surface area contributed by atoms with E-state index in [0.29, 0.717) is 23.2 Å². The summed E-state index contributed by atoms with van der Waals surface area (Å²) in [4.78, 5) is 24.8. The molecule has 192 valence electrons. The van der Waals surface area contributed by atoms with Gasteiger partial charge in [0.05, 0.1) is 17.6 Å². The van der Waals surface area contributed by atoms with E-state index in [1.807, 2.05) is 18.3 Å². The molecule has 0 radical (unpaired) electrons. The largest absolute Gasteiger partial charge is 0.339 e. The van der Waals surface area contributed by atoms with Gasteiger partial charge >= 0.3 is 0 Å². The maximum Gasteiger partial charge on any atom is 0.234 e. The zero-order valence-corrected chi connectivity index (χ0v) is 21.3. The monoisotopic (exact) mass is 514 g/mol. The SMILES string of the molecule is c1ccc(-c2c(-c3ccc(CN4CCC(c5nc(-c6cnccn6)no5)CC4)cc3)nc3ncccn23)cc1. The number of imidazole rings is 1. The van der Waals surface area contributed by atoms with Crippen molar-refractivity contribution in [2.45, 2.75) is 25.3 Å².